The van der Waals surface area contributed by atoms with Crippen LogP contribution in [0.15, 0.2) is 29.1 Å². The number of aromatic amines is 1. The number of rotatable bonds is 7. The van der Waals surface area contributed by atoms with E-state index in [1.54, 1.807) is 0 Å². The molecule has 0 aliphatic heterocycles. The molecule has 1 atom stereocenters. The number of tetrazole rings is 1. The molecule has 2 aromatic heterocycles. The Hall–Kier alpha value is -2.54. The highest BCUT2D eigenvalue weighted by Crippen LogP contribution is 2.38. The number of hydrogen-bond acceptors (Lipinski definition) is 5. The number of benzene rings is 1. The number of aromatic nitrogens is 5. The molecule has 2 fully saturated rings. The second-order valence-electron chi connectivity index (χ2n) is 10.8. The van der Waals surface area contributed by atoms with Crippen molar-refractivity contribution < 1.29 is 0 Å². The maximum absolute atomic E-state index is 13.2. The van der Waals surface area contributed by atoms with Gasteiger partial charge in [0.1, 0.15) is 0 Å². The molecular weight excluding hydrogens is 424 g/mol. The van der Waals surface area contributed by atoms with E-state index in [1.165, 1.54) is 44.9 Å². The third-order valence-corrected chi connectivity index (χ3v) is 7.92. The standard InChI is InChI=1S/C27H38N6O/c1-18(2)25(26-29-30-31-33(26)23-11-7-8-12-23)32(22-9-5-4-6-10-22)17-21-16-20-14-13-19(3)15-24(20)28-27(21)34/h13-16,18,22-23,25H,4-12,17H2,1-3H3,(H,28,34). The molecule has 1 aromatic carbocycles. The van der Waals surface area contributed by atoms with E-state index >= 15 is 0 Å². The van der Waals surface area contributed by atoms with Gasteiger partial charge in [0, 0.05) is 23.7 Å². The normalized spacial score (nSPS) is 19.0. The van der Waals surface area contributed by atoms with Crippen molar-refractivity contribution in [1.82, 2.24) is 30.1 Å². The molecule has 2 heterocycles. The zero-order valence-corrected chi connectivity index (χ0v) is 20.8. The Kier molecular flexibility index (Phi) is 6.82. The summed E-state index contributed by atoms with van der Waals surface area (Å²) < 4.78 is 2.11. The van der Waals surface area contributed by atoms with Crippen molar-refractivity contribution >= 4 is 10.9 Å². The Balaban J connectivity index is 1.55. The molecule has 2 saturated carbocycles. The Morgan fingerprint density at radius 2 is 1.79 bits per heavy atom. The van der Waals surface area contributed by atoms with Gasteiger partial charge < -0.3 is 4.98 Å². The summed E-state index contributed by atoms with van der Waals surface area (Å²) in [6.07, 6.45) is 10.9. The summed E-state index contributed by atoms with van der Waals surface area (Å²) in [6, 6.07) is 9.25. The molecule has 3 aromatic rings. The Morgan fingerprint density at radius 3 is 2.53 bits per heavy atom. The van der Waals surface area contributed by atoms with Gasteiger partial charge in [0.05, 0.1) is 12.1 Å². The lowest BCUT2D eigenvalue weighted by molar-refractivity contribution is 0.0598. The van der Waals surface area contributed by atoms with Crippen molar-refractivity contribution in [2.45, 2.75) is 103 Å². The molecule has 2 aliphatic carbocycles. The maximum atomic E-state index is 13.2. The second kappa shape index (κ2) is 9.98. The van der Waals surface area contributed by atoms with Crippen LogP contribution in [0.25, 0.3) is 10.9 Å². The summed E-state index contributed by atoms with van der Waals surface area (Å²) >= 11 is 0. The summed E-state index contributed by atoms with van der Waals surface area (Å²) in [7, 11) is 0. The van der Waals surface area contributed by atoms with E-state index in [1.807, 2.05) is 6.07 Å². The first-order valence-corrected chi connectivity index (χ1v) is 13.2. The third kappa shape index (κ3) is 4.67. The van der Waals surface area contributed by atoms with Gasteiger partial charge in [-0.05, 0) is 72.0 Å². The number of pyridine rings is 1. The predicted octanol–water partition coefficient (Wildman–Crippen LogP) is 5.47. The van der Waals surface area contributed by atoms with Crippen LogP contribution in [0.1, 0.15) is 101 Å². The molecule has 0 amide bonds. The summed E-state index contributed by atoms with van der Waals surface area (Å²) in [6.45, 7) is 7.20. The number of aryl methyl sites for hydroxylation is 1. The van der Waals surface area contributed by atoms with Crippen LogP contribution in [-0.2, 0) is 6.54 Å². The van der Waals surface area contributed by atoms with Crippen LogP contribution in [0.5, 0.6) is 0 Å². The Morgan fingerprint density at radius 1 is 1.06 bits per heavy atom. The highest BCUT2D eigenvalue weighted by molar-refractivity contribution is 5.79. The molecule has 34 heavy (non-hydrogen) atoms. The van der Waals surface area contributed by atoms with Gasteiger partial charge in [0.15, 0.2) is 5.82 Å². The molecule has 182 valence electrons. The quantitative estimate of drug-likeness (QED) is 0.504. The van der Waals surface area contributed by atoms with Gasteiger partial charge in [-0.3, -0.25) is 9.69 Å². The highest BCUT2D eigenvalue weighted by atomic mass is 16.1. The summed E-state index contributed by atoms with van der Waals surface area (Å²) in [5, 5.41) is 14.3. The van der Waals surface area contributed by atoms with Gasteiger partial charge in [-0.15, -0.1) is 5.10 Å². The van der Waals surface area contributed by atoms with Crippen molar-refractivity contribution in [2.24, 2.45) is 5.92 Å². The zero-order valence-electron chi connectivity index (χ0n) is 20.8. The zero-order chi connectivity index (χ0) is 23.7. The lowest BCUT2D eigenvalue weighted by Gasteiger charge is -2.41. The molecule has 7 heteroatoms. The first-order chi connectivity index (χ1) is 16.5. The molecule has 7 nitrogen and oxygen atoms in total. The molecular formula is C27H38N6O. The highest BCUT2D eigenvalue weighted by Gasteiger charge is 2.36. The molecule has 0 bridgehead atoms. The van der Waals surface area contributed by atoms with Gasteiger partial charge in [0.2, 0.25) is 0 Å². The lowest BCUT2D eigenvalue weighted by Crippen LogP contribution is -2.43. The fraction of sp³-hybridized carbons (Fsp3) is 0.630. The van der Waals surface area contributed by atoms with E-state index in [9.17, 15) is 4.79 Å². The average molecular weight is 463 g/mol. The smallest absolute Gasteiger partial charge is 0.252 e. The fourth-order valence-corrected chi connectivity index (χ4v) is 6.18. The van der Waals surface area contributed by atoms with Crippen LogP contribution >= 0.6 is 0 Å². The van der Waals surface area contributed by atoms with Crippen molar-refractivity contribution in [3.63, 3.8) is 0 Å². The average Bonchev–Trinajstić information content (AvgIpc) is 3.51. The second-order valence-corrected chi connectivity index (χ2v) is 10.8. The summed E-state index contributed by atoms with van der Waals surface area (Å²) in [4.78, 5) is 18.9. The monoisotopic (exact) mass is 462 g/mol. The third-order valence-electron chi connectivity index (χ3n) is 7.92. The van der Waals surface area contributed by atoms with Crippen LogP contribution < -0.4 is 5.56 Å². The molecule has 0 spiro atoms. The van der Waals surface area contributed by atoms with Crippen LogP contribution in [0.2, 0.25) is 0 Å². The van der Waals surface area contributed by atoms with E-state index in [-0.39, 0.29) is 11.6 Å². The number of fused-ring (bicyclic) bond motifs is 1. The minimum Gasteiger partial charge on any atom is -0.322 e. The summed E-state index contributed by atoms with van der Waals surface area (Å²) in [5.41, 5.74) is 2.89. The molecule has 1 N–H and O–H groups in total. The van der Waals surface area contributed by atoms with Gasteiger partial charge in [0.25, 0.3) is 5.56 Å². The SMILES string of the molecule is Cc1ccc2cc(CN(C3CCCCC3)C(c3nnnn3C3CCCC3)C(C)C)c(=O)[nH]c2c1. The van der Waals surface area contributed by atoms with E-state index in [4.69, 9.17) is 0 Å². The van der Waals surface area contributed by atoms with Crippen molar-refractivity contribution in [1.29, 1.82) is 0 Å². The number of nitrogens with zero attached hydrogens (tertiary/aromatic N) is 5. The maximum Gasteiger partial charge on any atom is 0.252 e. The van der Waals surface area contributed by atoms with Crippen molar-refractivity contribution in [2.75, 3.05) is 0 Å². The van der Waals surface area contributed by atoms with Gasteiger partial charge in [-0.2, -0.15) is 0 Å². The van der Waals surface area contributed by atoms with Crippen molar-refractivity contribution in [3.8, 4) is 0 Å². The predicted molar refractivity (Wildman–Crippen MR) is 135 cm³/mol. The number of nitrogens with one attached hydrogen (secondary N) is 1. The number of hydrogen-bond donors (Lipinski definition) is 1. The lowest BCUT2D eigenvalue weighted by atomic mass is 9.90. The van der Waals surface area contributed by atoms with Gasteiger partial charge in [-0.25, -0.2) is 4.68 Å². The van der Waals surface area contributed by atoms with Crippen LogP contribution in [0.3, 0.4) is 0 Å². The molecule has 5 rings (SSSR count). The minimum absolute atomic E-state index is 0.0109. The number of H-pyrrole nitrogens is 1. The van der Waals surface area contributed by atoms with Crippen LogP contribution in [0.4, 0.5) is 0 Å². The molecule has 0 radical (unpaired) electrons. The van der Waals surface area contributed by atoms with Gasteiger partial charge >= 0.3 is 0 Å². The fourth-order valence-electron chi connectivity index (χ4n) is 6.18. The Labute approximate surface area is 201 Å². The largest absolute Gasteiger partial charge is 0.322 e. The first kappa shape index (κ1) is 23.2. The van der Waals surface area contributed by atoms with E-state index in [2.05, 4.69) is 69.1 Å². The van der Waals surface area contributed by atoms with Gasteiger partial charge in [-0.1, -0.05) is 58.1 Å². The molecule has 1 unspecified atom stereocenters. The molecule has 2 aliphatic rings. The van der Waals surface area contributed by atoms with Crippen LogP contribution in [-0.4, -0.2) is 36.1 Å². The van der Waals surface area contributed by atoms with Crippen molar-refractivity contribution in [3.05, 3.63) is 51.6 Å². The van der Waals surface area contributed by atoms with E-state index in [0.29, 0.717) is 24.5 Å². The minimum atomic E-state index is 0.0109. The summed E-state index contributed by atoms with van der Waals surface area (Å²) in [5.74, 6) is 1.30. The topological polar surface area (TPSA) is 79.7 Å². The van der Waals surface area contributed by atoms with Crippen LogP contribution in [0, 0.1) is 12.8 Å². The first-order valence-electron chi connectivity index (χ1n) is 13.2. The van der Waals surface area contributed by atoms with E-state index in [0.717, 1.165) is 40.7 Å². The Bertz CT molecular complexity index is 1170. The molecule has 0 saturated heterocycles. The van der Waals surface area contributed by atoms with E-state index < -0.39 is 0 Å².